The van der Waals surface area contributed by atoms with Gasteiger partial charge in [0, 0.05) is 74.2 Å². The van der Waals surface area contributed by atoms with E-state index in [9.17, 15) is 9.90 Å². The monoisotopic (exact) mass is 606 g/mol. The van der Waals surface area contributed by atoms with Crippen molar-refractivity contribution >= 4 is 49.9 Å². The number of carbonyl (C=O) groups is 1. The molecule has 0 aliphatic heterocycles. The van der Waals surface area contributed by atoms with Crippen molar-refractivity contribution in [3.8, 4) is 5.75 Å². The Morgan fingerprint density at radius 2 is 1.48 bits per heavy atom. The van der Waals surface area contributed by atoms with Gasteiger partial charge in [0.05, 0.1) is 11.1 Å². The summed E-state index contributed by atoms with van der Waals surface area (Å²) < 4.78 is 0. The van der Waals surface area contributed by atoms with Crippen LogP contribution in [0.1, 0.15) is 24.2 Å². The van der Waals surface area contributed by atoms with Crippen LogP contribution < -0.4 is 10.2 Å². The molecule has 1 amide bonds. The molecular weight excluding hydrogens is 571 g/mol. The van der Waals surface area contributed by atoms with Crippen LogP contribution in [0.4, 0.5) is 11.4 Å². The van der Waals surface area contributed by atoms with Crippen molar-refractivity contribution < 1.29 is 42.6 Å². The third-order valence-corrected chi connectivity index (χ3v) is 6.11. The predicted molar refractivity (Wildman–Crippen MR) is 167 cm³/mol. The number of hydrogen-bond acceptors (Lipinski definition) is 3. The van der Waals surface area contributed by atoms with E-state index in [1.807, 2.05) is 113 Å². The van der Waals surface area contributed by atoms with Gasteiger partial charge in [-0.2, -0.15) is 18.2 Å². The Hall–Kier alpha value is -3.67. The van der Waals surface area contributed by atoms with Crippen LogP contribution in [-0.4, -0.2) is 30.1 Å². The van der Waals surface area contributed by atoms with Gasteiger partial charge in [-0.1, -0.05) is 68.1 Å². The van der Waals surface area contributed by atoms with Crippen molar-refractivity contribution in [2.75, 3.05) is 24.3 Å². The first-order valence-electron chi connectivity index (χ1n) is 12.7. The average Bonchev–Trinajstić information content (AvgIpc) is 3.34. The SMILES string of the molecule is CC.CN(C)c1cc[c-]cc1.O=C(Nc1ccccc1)c1cc2ccc3c4ccccc4[nH]c3c2cc1O.[CH3-].[Y]. The van der Waals surface area contributed by atoms with Crippen LogP contribution in [0.2, 0.25) is 0 Å². The van der Waals surface area contributed by atoms with Crippen molar-refractivity contribution in [3.63, 3.8) is 0 Å². The van der Waals surface area contributed by atoms with Gasteiger partial charge in [0.15, 0.2) is 0 Å². The van der Waals surface area contributed by atoms with E-state index in [2.05, 4.69) is 27.3 Å². The Kier molecular flexibility index (Phi) is 12.4. The van der Waals surface area contributed by atoms with E-state index in [-0.39, 0.29) is 57.4 Å². The van der Waals surface area contributed by atoms with Crippen LogP contribution >= 0.6 is 0 Å². The van der Waals surface area contributed by atoms with E-state index < -0.39 is 0 Å². The number of aromatic amines is 1. The smallest absolute Gasteiger partial charge is 0.259 e. The number of nitrogens with one attached hydrogen (secondary N) is 2. The second-order valence-electron chi connectivity index (χ2n) is 8.72. The minimum absolute atomic E-state index is 0. The molecule has 0 fully saturated rings. The van der Waals surface area contributed by atoms with E-state index in [1.54, 1.807) is 12.1 Å². The summed E-state index contributed by atoms with van der Waals surface area (Å²) in [7, 11) is 4.05. The minimum atomic E-state index is -0.336. The van der Waals surface area contributed by atoms with Crippen LogP contribution in [-0.2, 0) is 32.7 Å². The number of phenols is 1. The molecule has 203 valence electrons. The Labute approximate surface area is 262 Å². The molecule has 0 bridgehead atoms. The molecule has 0 spiro atoms. The van der Waals surface area contributed by atoms with Crippen LogP contribution in [0.25, 0.3) is 32.6 Å². The summed E-state index contributed by atoms with van der Waals surface area (Å²) in [5, 5.41) is 17.3. The van der Waals surface area contributed by atoms with Gasteiger partial charge in [-0.3, -0.25) is 4.79 Å². The van der Waals surface area contributed by atoms with E-state index in [1.165, 1.54) is 5.69 Å². The molecule has 5 nitrogen and oxygen atoms in total. The van der Waals surface area contributed by atoms with Crippen LogP contribution in [0.5, 0.6) is 5.75 Å². The third-order valence-electron chi connectivity index (χ3n) is 6.11. The predicted octanol–water partition coefficient (Wildman–Crippen LogP) is 8.46. The summed E-state index contributed by atoms with van der Waals surface area (Å²) in [5.74, 6) is -0.376. The molecular formula is C34H35N3O2Y-2. The molecule has 1 aromatic heterocycles. The van der Waals surface area contributed by atoms with Gasteiger partial charge in [-0.05, 0) is 35.7 Å². The van der Waals surface area contributed by atoms with Gasteiger partial charge < -0.3 is 27.7 Å². The summed E-state index contributed by atoms with van der Waals surface area (Å²) in [5.41, 5.74) is 4.16. The van der Waals surface area contributed by atoms with E-state index in [4.69, 9.17) is 0 Å². The standard InChI is InChI=1S/C23H16N2O2.C8H10N.C2H6.CH3.Y/c26-21-13-18-14(12-19(21)23(27)24-15-6-2-1-3-7-15)10-11-17-16-8-4-5-9-20(16)25-22(17)18;1-9(2)8-6-4-3-5-7-8;1-2;;/h1-13,25-26H,(H,24,27);4-7H,1-2H3;1-2H3;1H3;/q;-1;;-1;. The average molecular weight is 607 g/mol. The second kappa shape index (κ2) is 15.2. The number of rotatable bonds is 3. The summed E-state index contributed by atoms with van der Waals surface area (Å²) in [6.45, 7) is 4.00. The molecule has 0 aliphatic carbocycles. The second-order valence-corrected chi connectivity index (χ2v) is 8.72. The molecule has 1 heterocycles. The van der Waals surface area contributed by atoms with Crippen LogP contribution in [0.15, 0.2) is 103 Å². The molecule has 40 heavy (non-hydrogen) atoms. The molecule has 1 radical (unpaired) electrons. The number of nitrogens with zero attached hydrogens (tertiary/aromatic N) is 1. The number of hydrogen-bond donors (Lipinski definition) is 3. The Balaban J connectivity index is 0.000000369. The summed E-state index contributed by atoms with van der Waals surface area (Å²) in [6, 6.07) is 35.6. The number of anilines is 2. The third kappa shape index (κ3) is 7.29. The van der Waals surface area contributed by atoms with E-state index >= 15 is 0 Å². The van der Waals surface area contributed by atoms with Gasteiger partial charge in [0.1, 0.15) is 5.75 Å². The first kappa shape index (κ1) is 32.5. The zero-order valence-electron chi connectivity index (χ0n) is 23.7. The number of para-hydroxylation sites is 2. The number of H-pyrrole nitrogens is 1. The quantitative estimate of drug-likeness (QED) is 0.177. The Bertz CT molecular complexity index is 1660. The fourth-order valence-electron chi connectivity index (χ4n) is 4.26. The van der Waals surface area contributed by atoms with Gasteiger partial charge in [-0.25, -0.2) is 0 Å². The summed E-state index contributed by atoms with van der Waals surface area (Å²) >= 11 is 0. The molecule has 0 atom stereocenters. The molecule has 0 aliphatic rings. The minimum Gasteiger partial charge on any atom is -0.507 e. The number of aromatic hydroxyl groups is 1. The largest absolute Gasteiger partial charge is 0.507 e. The molecule has 5 aromatic carbocycles. The van der Waals surface area contributed by atoms with Crippen molar-refractivity contribution in [2.24, 2.45) is 0 Å². The van der Waals surface area contributed by atoms with E-state index in [0.29, 0.717) is 5.69 Å². The Morgan fingerprint density at radius 3 is 2.12 bits per heavy atom. The molecule has 0 unspecified atom stereocenters. The maximum atomic E-state index is 12.6. The van der Waals surface area contributed by atoms with Crippen molar-refractivity contribution in [1.82, 2.24) is 4.98 Å². The number of carbonyl (C=O) groups excluding carboxylic acids is 1. The molecule has 6 heteroatoms. The van der Waals surface area contributed by atoms with Crippen molar-refractivity contribution in [3.05, 3.63) is 122 Å². The fourth-order valence-corrected chi connectivity index (χ4v) is 4.26. The fraction of sp³-hybridized carbons (Fsp3) is 0.118. The number of phenolic OH excluding ortho intramolecular Hbond substituents is 1. The number of amides is 1. The molecule has 0 saturated heterocycles. The van der Waals surface area contributed by atoms with Crippen molar-refractivity contribution in [1.29, 1.82) is 0 Å². The number of aromatic nitrogens is 1. The van der Waals surface area contributed by atoms with Gasteiger partial charge >= 0.3 is 0 Å². The topological polar surface area (TPSA) is 68.4 Å². The van der Waals surface area contributed by atoms with Crippen LogP contribution in [0, 0.1) is 13.5 Å². The maximum absolute atomic E-state index is 12.6. The molecule has 6 aromatic rings. The normalized spacial score (nSPS) is 9.80. The summed E-state index contributed by atoms with van der Waals surface area (Å²) in [6.07, 6.45) is 0. The first-order chi connectivity index (χ1) is 18.5. The number of benzene rings is 5. The Morgan fingerprint density at radius 1 is 0.825 bits per heavy atom. The zero-order valence-corrected chi connectivity index (χ0v) is 26.5. The van der Waals surface area contributed by atoms with Crippen LogP contribution in [0.3, 0.4) is 0 Å². The number of fused-ring (bicyclic) bond motifs is 5. The van der Waals surface area contributed by atoms with Gasteiger partial charge in [0.25, 0.3) is 5.91 Å². The summed E-state index contributed by atoms with van der Waals surface area (Å²) in [4.78, 5) is 18.1. The van der Waals surface area contributed by atoms with Gasteiger partial charge in [0.2, 0.25) is 0 Å². The van der Waals surface area contributed by atoms with Crippen molar-refractivity contribution in [2.45, 2.75) is 13.8 Å². The maximum Gasteiger partial charge on any atom is 0.259 e. The van der Waals surface area contributed by atoms with E-state index in [0.717, 1.165) is 32.6 Å². The molecule has 3 N–H and O–H groups in total. The zero-order chi connectivity index (χ0) is 27.1. The first-order valence-corrected chi connectivity index (χ1v) is 12.7. The molecule has 0 saturated carbocycles. The molecule has 6 rings (SSSR count). The van der Waals surface area contributed by atoms with Gasteiger partial charge in [-0.15, -0.1) is 12.1 Å².